The molecule has 0 bridgehead atoms. The molecule has 0 saturated heterocycles. The van der Waals surface area contributed by atoms with Gasteiger partial charge in [0.05, 0.1) is 62.5 Å². The second kappa shape index (κ2) is 28.5. The number of ether oxygens (including phenoxy) is 2. The molecule has 0 fully saturated rings. The summed E-state index contributed by atoms with van der Waals surface area (Å²) in [6, 6.07) is 17.7. The molecule has 0 aliphatic heterocycles. The minimum Gasteiger partial charge on any atom is -0.544 e. The third-order valence-corrected chi connectivity index (χ3v) is 9.07. The van der Waals surface area contributed by atoms with Gasteiger partial charge in [0.25, 0.3) is 5.91 Å². The third-order valence-electron chi connectivity index (χ3n) is 9.07. The second-order valence-corrected chi connectivity index (χ2v) is 17.3. The molecule has 3 N–H and O–H groups in total. The van der Waals surface area contributed by atoms with Crippen LogP contribution >= 0.6 is 0 Å². The number of carboxylic acids is 1. The van der Waals surface area contributed by atoms with Crippen molar-refractivity contribution in [1.29, 1.82) is 0 Å². The van der Waals surface area contributed by atoms with Crippen LogP contribution in [0, 0.1) is 0 Å². The van der Waals surface area contributed by atoms with Gasteiger partial charge in [-0.2, -0.15) is 9.59 Å². The van der Waals surface area contributed by atoms with Crippen LogP contribution in [0.2, 0.25) is 0 Å². The Labute approximate surface area is 380 Å². The van der Waals surface area contributed by atoms with Crippen LogP contribution in [0.4, 0.5) is 0 Å². The Bertz CT molecular complexity index is 2060. The van der Waals surface area contributed by atoms with E-state index in [1.54, 1.807) is 21.1 Å². The summed E-state index contributed by atoms with van der Waals surface area (Å²) < 4.78 is 10.3. The number of benzene rings is 2. The van der Waals surface area contributed by atoms with E-state index in [1.807, 2.05) is 81.8 Å². The number of Topliss-reactive ketones (excluding diaryl/α,β-unsaturated/α-hetero) is 2. The second-order valence-electron chi connectivity index (χ2n) is 17.3. The van der Waals surface area contributed by atoms with Crippen molar-refractivity contribution < 1.29 is 52.3 Å². The molecule has 0 saturated carbocycles. The van der Waals surface area contributed by atoms with Crippen molar-refractivity contribution in [2.75, 3.05) is 69.6 Å². The first-order chi connectivity index (χ1) is 30.7. The molecule has 0 radical (unpaired) electrons. The van der Waals surface area contributed by atoms with Gasteiger partial charge in [-0.05, 0) is 36.1 Å². The van der Waals surface area contributed by atoms with Gasteiger partial charge in [0.15, 0.2) is 18.1 Å². The molecule has 2 atom stereocenters. The zero-order valence-corrected chi connectivity index (χ0v) is 39.1. The van der Waals surface area contributed by atoms with Crippen molar-refractivity contribution in [3.8, 4) is 22.8 Å². The molecule has 65 heavy (non-hydrogen) atoms. The topological polar surface area (TPSA) is 269 Å². The van der Waals surface area contributed by atoms with Gasteiger partial charge in [0.1, 0.15) is 31.7 Å². The number of aromatic nitrogens is 8. The Morgan fingerprint density at radius 2 is 1.06 bits per heavy atom. The van der Waals surface area contributed by atoms with Gasteiger partial charge in [-0.3, -0.25) is 19.2 Å². The van der Waals surface area contributed by atoms with Gasteiger partial charge in [-0.15, -0.1) is 20.4 Å². The molecule has 2 heterocycles. The smallest absolute Gasteiger partial charge is 0.328 e. The minimum absolute atomic E-state index is 0.0165. The highest BCUT2D eigenvalue weighted by Crippen LogP contribution is 2.14. The standard InChI is InChI=1S/C22H32N6O4.C17H23N5O3.C5H11NO2/c1-28(2,3)16-20(30)23-19(22(31)32-4)14-10-6-9-13-18(29)15-27-25-21(24-26-27)17-11-7-5-8-12-17;1-25-17(24)15(18)11-7-3-6-10-14(23)12-22-20-16(19-21-22)13-8-4-2-5-9-13;1-6(2,3)4-5(7)8/h5,7-8,11-12,19H,6,9-10,13-16H2,1-4H3;2,4-5,8-9,15H,3,6-7,10-12,18H2,1H3;4H2,1-3H3/p+1/t19-;15-;/m00./s1. The van der Waals surface area contributed by atoms with Crippen LogP contribution in [-0.2, 0) is 51.3 Å². The van der Waals surface area contributed by atoms with Gasteiger partial charge >= 0.3 is 11.9 Å². The number of quaternary nitrogens is 2. The van der Waals surface area contributed by atoms with Crippen LogP contribution in [0.25, 0.3) is 22.8 Å². The SMILES string of the molecule is COC(=O)[C@@H](N)CCCCCC(=O)Cn1nnc(-c2ccccc2)n1.COC(=O)[C@H](CCCCCC(=O)Cn1nnc(-c2ccccc2)n1)NC(=O)C[N+](C)(C)C.C[N+](C)(C)CC(=O)[O-]. The Morgan fingerprint density at radius 1 is 0.631 bits per heavy atom. The van der Waals surface area contributed by atoms with E-state index in [9.17, 15) is 33.9 Å². The number of hydrogen-bond acceptors (Lipinski definition) is 16. The summed E-state index contributed by atoms with van der Waals surface area (Å²) in [5.41, 5.74) is 7.37. The van der Waals surface area contributed by atoms with Crippen molar-refractivity contribution in [2.45, 2.75) is 89.4 Å². The van der Waals surface area contributed by atoms with Gasteiger partial charge in [0, 0.05) is 24.0 Å². The largest absolute Gasteiger partial charge is 0.544 e. The predicted molar refractivity (Wildman–Crippen MR) is 237 cm³/mol. The highest BCUT2D eigenvalue weighted by molar-refractivity contribution is 5.85. The molecule has 1 amide bonds. The van der Waals surface area contributed by atoms with E-state index < -0.39 is 30.0 Å². The molecule has 356 valence electrons. The lowest BCUT2D eigenvalue weighted by molar-refractivity contribution is -0.864. The predicted octanol–water partition coefficient (Wildman–Crippen LogP) is 1.03. The molecule has 2 aromatic carbocycles. The van der Waals surface area contributed by atoms with Crippen molar-refractivity contribution in [2.24, 2.45) is 5.73 Å². The first kappa shape index (κ1) is 54.8. The molecule has 0 aliphatic rings. The quantitative estimate of drug-likeness (QED) is 0.0534. The number of carbonyl (C=O) groups is 6. The first-order valence-electron chi connectivity index (χ1n) is 21.4. The number of amides is 1. The lowest BCUT2D eigenvalue weighted by atomic mass is 10.1. The minimum atomic E-state index is -1.00. The van der Waals surface area contributed by atoms with Crippen molar-refractivity contribution >= 4 is 35.4 Å². The average molecular weight is 908 g/mol. The number of likely N-dealkylation sites (N-methyl/N-ethyl adjacent to an activating group) is 2. The summed E-state index contributed by atoms with van der Waals surface area (Å²) in [6.45, 7) is 0.525. The zero-order valence-electron chi connectivity index (χ0n) is 39.1. The summed E-state index contributed by atoms with van der Waals surface area (Å²) in [7, 11) is 13.7. The van der Waals surface area contributed by atoms with Gasteiger partial charge in [-0.25, -0.2) is 4.79 Å². The molecule has 21 nitrogen and oxygen atoms in total. The number of nitrogens with zero attached hydrogens (tertiary/aromatic N) is 10. The molecule has 0 spiro atoms. The maximum atomic E-state index is 12.2. The van der Waals surface area contributed by atoms with E-state index in [0.29, 0.717) is 59.1 Å². The van der Waals surface area contributed by atoms with E-state index in [2.05, 4.69) is 40.9 Å². The first-order valence-corrected chi connectivity index (χ1v) is 21.4. The van der Waals surface area contributed by atoms with E-state index in [0.717, 1.165) is 36.8 Å². The van der Waals surface area contributed by atoms with Crippen molar-refractivity contribution in [3.63, 3.8) is 0 Å². The highest BCUT2D eigenvalue weighted by atomic mass is 16.5. The van der Waals surface area contributed by atoms with E-state index in [4.69, 9.17) is 10.5 Å². The van der Waals surface area contributed by atoms with E-state index in [-0.39, 0.29) is 43.7 Å². The van der Waals surface area contributed by atoms with Crippen LogP contribution in [0.3, 0.4) is 0 Å². The van der Waals surface area contributed by atoms with Crippen molar-refractivity contribution in [3.05, 3.63) is 60.7 Å². The number of aliphatic carboxylic acids is 1. The average Bonchev–Trinajstić information content (AvgIpc) is 3.92. The van der Waals surface area contributed by atoms with Crippen LogP contribution in [0.5, 0.6) is 0 Å². The maximum Gasteiger partial charge on any atom is 0.328 e. The summed E-state index contributed by atoms with van der Waals surface area (Å²) in [5.74, 6) is -0.998. The Hall–Kier alpha value is -6.32. The van der Waals surface area contributed by atoms with Crippen LogP contribution in [0.1, 0.15) is 64.2 Å². The Morgan fingerprint density at radius 3 is 1.45 bits per heavy atom. The molecule has 4 aromatic rings. The summed E-state index contributed by atoms with van der Waals surface area (Å²) in [6.07, 6.45) is 6.34. The molecule has 21 heteroatoms. The fourth-order valence-electron chi connectivity index (χ4n) is 5.93. The number of unbranched alkanes of at least 4 members (excludes halogenated alkanes) is 4. The number of esters is 2. The van der Waals surface area contributed by atoms with E-state index in [1.165, 1.54) is 23.8 Å². The maximum absolute atomic E-state index is 12.2. The normalized spacial score (nSPS) is 12.0. The van der Waals surface area contributed by atoms with Crippen LogP contribution in [0.15, 0.2) is 60.7 Å². The zero-order chi connectivity index (χ0) is 48.4. The monoisotopic (exact) mass is 908 g/mol. The number of hydrogen-bond donors (Lipinski definition) is 2. The molecule has 0 aliphatic carbocycles. The molecule has 0 unspecified atom stereocenters. The lowest BCUT2D eigenvalue weighted by Crippen LogP contribution is -2.49. The fraction of sp³-hybridized carbons (Fsp3) is 0.545. The number of methoxy groups -OCH3 is 2. The third kappa shape index (κ3) is 24.4. The lowest BCUT2D eigenvalue weighted by Gasteiger charge is -2.24. The molecule has 2 aromatic heterocycles. The number of nitrogens with two attached hydrogens (primary N) is 1. The van der Waals surface area contributed by atoms with Crippen LogP contribution < -0.4 is 16.2 Å². The number of carboxylic acid groups (broad SMARTS) is 1. The highest BCUT2D eigenvalue weighted by Gasteiger charge is 2.24. The number of tetrazole rings is 2. The molecular formula is C44H67N12O9+. The number of rotatable bonds is 25. The Balaban J connectivity index is 0.000000390. The van der Waals surface area contributed by atoms with E-state index >= 15 is 0 Å². The van der Waals surface area contributed by atoms with Crippen molar-refractivity contribution in [1.82, 2.24) is 45.7 Å². The number of carbonyl (C=O) groups excluding carboxylic acids is 6. The Kier molecular flexibility index (Phi) is 24.0. The van der Waals surface area contributed by atoms with Gasteiger partial charge in [0.2, 0.25) is 11.6 Å². The van der Waals surface area contributed by atoms with Gasteiger partial charge < -0.3 is 39.4 Å². The molecule has 4 rings (SSSR count). The molecular weight excluding hydrogens is 841 g/mol. The fourth-order valence-corrected chi connectivity index (χ4v) is 5.93. The van der Waals surface area contributed by atoms with Crippen LogP contribution in [-0.4, -0.2) is 166 Å². The van der Waals surface area contributed by atoms with Gasteiger partial charge in [-0.1, -0.05) is 86.3 Å². The number of ketones is 2. The summed E-state index contributed by atoms with van der Waals surface area (Å²) >= 11 is 0. The summed E-state index contributed by atoms with van der Waals surface area (Å²) in [5, 5.41) is 36.9. The summed E-state index contributed by atoms with van der Waals surface area (Å²) in [4.78, 5) is 72.0. The number of nitrogens with one attached hydrogen (secondary N) is 1.